The van der Waals surface area contributed by atoms with Crippen molar-refractivity contribution in [3.05, 3.63) is 35.1 Å². The molecule has 3 nitrogen and oxygen atoms in total. The van der Waals surface area contributed by atoms with Crippen LogP contribution >= 0.6 is 0 Å². The van der Waals surface area contributed by atoms with Gasteiger partial charge in [0, 0.05) is 6.54 Å². The number of hydrogen-bond acceptors (Lipinski definition) is 3. The van der Waals surface area contributed by atoms with E-state index in [9.17, 15) is 18.0 Å². The number of halogens is 3. The largest absolute Gasteiger partial charge is 0.456 e. The van der Waals surface area contributed by atoms with Crippen LogP contribution in [0.1, 0.15) is 15.9 Å². The Balaban J connectivity index is 2.84. The molecule has 0 unspecified atom stereocenters. The van der Waals surface area contributed by atoms with E-state index in [2.05, 4.69) is 4.74 Å². The lowest BCUT2D eigenvalue weighted by Gasteiger charge is -2.07. The van der Waals surface area contributed by atoms with Gasteiger partial charge in [0.1, 0.15) is 5.82 Å². The van der Waals surface area contributed by atoms with Crippen LogP contribution in [0.3, 0.4) is 0 Å². The van der Waals surface area contributed by atoms with Gasteiger partial charge in [-0.25, -0.2) is 18.0 Å². The zero-order valence-electron chi connectivity index (χ0n) is 8.25. The van der Waals surface area contributed by atoms with E-state index < -0.39 is 24.8 Å². The summed E-state index contributed by atoms with van der Waals surface area (Å²) < 4.78 is 40.7. The van der Waals surface area contributed by atoms with Gasteiger partial charge in [-0.2, -0.15) is 0 Å². The van der Waals surface area contributed by atoms with Crippen molar-refractivity contribution < 1.29 is 22.7 Å². The summed E-state index contributed by atoms with van der Waals surface area (Å²) in [5.41, 5.74) is 5.54. The molecule has 2 N–H and O–H groups in total. The minimum Gasteiger partial charge on any atom is -0.456 e. The predicted octanol–water partition coefficient (Wildman–Crippen LogP) is 1.71. The summed E-state index contributed by atoms with van der Waals surface area (Å²) >= 11 is 0. The average Bonchev–Trinajstić information content (AvgIpc) is 2.25. The Bertz CT molecular complexity index is 382. The zero-order valence-corrected chi connectivity index (χ0v) is 8.25. The molecule has 0 radical (unpaired) electrons. The third kappa shape index (κ3) is 3.23. The number of esters is 1. The molecule has 0 aliphatic heterocycles. The highest BCUT2D eigenvalue weighted by molar-refractivity contribution is 5.91. The molecule has 0 saturated carbocycles. The summed E-state index contributed by atoms with van der Waals surface area (Å²) in [4.78, 5) is 11.3. The van der Waals surface area contributed by atoms with Crippen molar-refractivity contribution in [2.75, 3.05) is 6.61 Å². The number of nitrogens with two attached hydrogens (primary N) is 1. The van der Waals surface area contributed by atoms with Gasteiger partial charge in [-0.05, 0) is 17.7 Å². The van der Waals surface area contributed by atoms with E-state index in [1.165, 1.54) is 6.07 Å². The van der Waals surface area contributed by atoms with Gasteiger partial charge in [0.25, 0.3) is 6.43 Å². The van der Waals surface area contributed by atoms with Gasteiger partial charge in [-0.15, -0.1) is 0 Å². The first-order valence-electron chi connectivity index (χ1n) is 4.48. The predicted molar refractivity (Wildman–Crippen MR) is 50.6 cm³/mol. The molecule has 1 aromatic rings. The van der Waals surface area contributed by atoms with Crippen LogP contribution in [0, 0.1) is 5.82 Å². The van der Waals surface area contributed by atoms with Crippen molar-refractivity contribution in [3.8, 4) is 0 Å². The van der Waals surface area contributed by atoms with Crippen molar-refractivity contribution in [1.29, 1.82) is 0 Å². The average molecular weight is 233 g/mol. The monoisotopic (exact) mass is 233 g/mol. The number of carbonyl (C=O) groups excluding carboxylic acids is 1. The Morgan fingerprint density at radius 3 is 2.69 bits per heavy atom. The van der Waals surface area contributed by atoms with Crippen LogP contribution in [0.15, 0.2) is 18.2 Å². The Hall–Kier alpha value is -1.56. The third-order valence-corrected chi connectivity index (χ3v) is 1.85. The molecule has 0 aliphatic rings. The van der Waals surface area contributed by atoms with E-state index in [4.69, 9.17) is 5.73 Å². The van der Waals surface area contributed by atoms with Gasteiger partial charge in [-0.3, -0.25) is 0 Å². The summed E-state index contributed by atoms with van der Waals surface area (Å²) in [6, 6.07) is 3.36. The van der Waals surface area contributed by atoms with E-state index >= 15 is 0 Å². The molecule has 0 fully saturated rings. The molecule has 0 aromatic heterocycles. The van der Waals surface area contributed by atoms with E-state index in [0.29, 0.717) is 5.56 Å². The van der Waals surface area contributed by atoms with Gasteiger partial charge in [0.15, 0.2) is 6.61 Å². The molecular weight excluding hydrogens is 223 g/mol. The Morgan fingerprint density at radius 2 is 2.12 bits per heavy atom. The number of alkyl halides is 2. The van der Waals surface area contributed by atoms with Gasteiger partial charge in [0.05, 0.1) is 5.56 Å². The molecule has 6 heteroatoms. The quantitative estimate of drug-likeness (QED) is 0.805. The lowest BCUT2D eigenvalue weighted by Crippen LogP contribution is -2.15. The zero-order chi connectivity index (χ0) is 12.1. The van der Waals surface area contributed by atoms with Crippen LogP contribution in [-0.4, -0.2) is 19.0 Å². The first-order valence-corrected chi connectivity index (χ1v) is 4.48. The van der Waals surface area contributed by atoms with Crippen LogP contribution in [0.2, 0.25) is 0 Å². The first kappa shape index (κ1) is 12.5. The molecule has 0 heterocycles. The molecule has 16 heavy (non-hydrogen) atoms. The van der Waals surface area contributed by atoms with E-state index in [1.54, 1.807) is 0 Å². The Labute approximate surface area is 90.0 Å². The molecule has 1 aromatic carbocycles. The summed E-state index contributed by atoms with van der Waals surface area (Å²) in [6.45, 7) is -1.02. The Kier molecular flexibility index (Phi) is 4.30. The second-order valence-corrected chi connectivity index (χ2v) is 3.00. The molecule has 88 valence electrons. The van der Waals surface area contributed by atoms with Gasteiger partial charge in [0.2, 0.25) is 0 Å². The fraction of sp³-hybridized carbons (Fsp3) is 0.300. The van der Waals surface area contributed by atoms with Crippen LogP contribution in [-0.2, 0) is 11.3 Å². The molecule has 0 amide bonds. The fourth-order valence-corrected chi connectivity index (χ4v) is 1.13. The highest BCUT2D eigenvalue weighted by Crippen LogP contribution is 2.12. The minimum absolute atomic E-state index is 0.000603. The second kappa shape index (κ2) is 5.50. The molecule has 0 aliphatic carbocycles. The van der Waals surface area contributed by atoms with Gasteiger partial charge < -0.3 is 10.5 Å². The number of carbonyl (C=O) groups is 1. The summed E-state index contributed by atoms with van der Waals surface area (Å²) in [5, 5.41) is 0. The summed E-state index contributed by atoms with van der Waals surface area (Å²) in [6.07, 6.45) is -2.75. The smallest absolute Gasteiger partial charge is 0.338 e. The Morgan fingerprint density at radius 1 is 1.44 bits per heavy atom. The van der Waals surface area contributed by atoms with Gasteiger partial charge >= 0.3 is 5.97 Å². The number of rotatable bonds is 4. The SMILES string of the molecule is NCc1ccc(F)cc1C(=O)OCC(F)F. The fourth-order valence-electron chi connectivity index (χ4n) is 1.13. The highest BCUT2D eigenvalue weighted by Gasteiger charge is 2.15. The molecular formula is C10H10F3NO2. The van der Waals surface area contributed by atoms with Crippen molar-refractivity contribution in [3.63, 3.8) is 0 Å². The minimum atomic E-state index is -2.75. The third-order valence-electron chi connectivity index (χ3n) is 1.85. The number of hydrogen-bond donors (Lipinski definition) is 1. The maximum Gasteiger partial charge on any atom is 0.338 e. The first-order chi connectivity index (χ1) is 7.54. The van der Waals surface area contributed by atoms with E-state index in [0.717, 1.165) is 12.1 Å². The summed E-state index contributed by atoms with van der Waals surface area (Å²) in [5.74, 6) is -1.65. The van der Waals surface area contributed by atoms with Crippen LogP contribution in [0.25, 0.3) is 0 Å². The van der Waals surface area contributed by atoms with Crippen LogP contribution in [0.4, 0.5) is 13.2 Å². The number of ether oxygens (including phenoxy) is 1. The number of benzene rings is 1. The van der Waals surface area contributed by atoms with Crippen LogP contribution < -0.4 is 5.73 Å². The van der Waals surface area contributed by atoms with Crippen molar-refractivity contribution in [2.24, 2.45) is 5.73 Å². The van der Waals surface area contributed by atoms with Crippen molar-refractivity contribution >= 4 is 5.97 Å². The molecule has 0 atom stereocenters. The molecule has 1 rings (SSSR count). The molecule has 0 bridgehead atoms. The van der Waals surface area contributed by atoms with Gasteiger partial charge in [-0.1, -0.05) is 6.07 Å². The second-order valence-electron chi connectivity index (χ2n) is 3.00. The normalized spacial score (nSPS) is 10.6. The summed E-state index contributed by atoms with van der Waals surface area (Å²) in [7, 11) is 0. The molecule has 0 spiro atoms. The van der Waals surface area contributed by atoms with E-state index in [-0.39, 0.29) is 12.1 Å². The van der Waals surface area contributed by atoms with E-state index in [1.807, 2.05) is 0 Å². The maximum atomic E-state index is 12.8. The maximum absolute atomic E-state index is 12.8. The van der Waals surface area contributed by atoms with Crippen molar-refractivity contribution in [1.82, 2.24) is 0 Å². The highest BCUT2D eigenvalue weighted by atomic mass is 19.3. The van der Waals surface area contributed by atoms with Crippen LogP contribution in [0.5, 0.6) is 0 Å². The lowest BCUT2D eigenvalue weighted by molar-refractivity contribution is 0.0158. The lowest BCUT2D eigenvalue weighted by atomic mass is 10.1. The molecule has 0 saturated heterocycles. The van der Waals surface area contributed by atoms with Crippen molar-refractivity contribution in [2.45, 2.75) is 13.0 Å². The topological polar surface area (TPSA) is 52.3 Å². The standard InChI is InChI=1S/C10H10F3NO2/c11-7-2-1-6(4-14)8(3-7)10(15)16-5-9(12)13/h1-3,9H,4-5,14H2.